The number of carbonyl (C=O) groups excluding carboxylic acids is 2. The summed E-state index contributed by atoms with van der Waals surface area (Å²) in [6, 6.07) is 0. The van der Waals surface area contributed by atoms with Crippen molar-refractivity contribution in [3.63, 3.8) is 0 Å². The number of nitrogens with one attached hydrogen (secondary N) is 1. The average molecular weight is 640 g/mol. The number of esters is 1. The van der Waals surface area contributed by atoms with Gasteiger partial charge in [0.15, 0.2) is 0 Å². The lowest BCUT2D eigenvalue weighted by Crippen LogP contribution is -2.34. The SMILES string of the molecule is CCCCC(CC)C(=O)OCCOCCOCCOCCOCCOCCOCCOCCOCCNC(=O)OC(C)(C)C. The van der Waals surface area contributed by atoms with Crippen molar-refractivity contribution in [3.8, 4) is 0 Å². The third-order valence-corrected chi connectivity index (χ3v) is 5.72. The lowest BCUT2D eigenvalue weighted by atomic mass is 10.00. The number of hydrogen-bond acceptors (Lipinski definition) is 12. The Morgan fingerprint density at radius 2 is 0.932 bits per heavy atom. The predicted molar refractivity (Wildman–Crippen MR) is 165 cm³/mol. The molecule has 0 radical (unpaired) electrons. The maximum atomic E-state index is 12.0. The molecule has 0 fully saturated rings. The summed E-state index contributed by atoms with van der Waals surface area (Å²) in [4.78, 5) is 23.5. The Hall–Kier alpha value is -1.58. The monoisotopic (exact) mass is 639 g/mol. The van der Waals surface area contributed by atoms with E-state index in [1.54, 1.807) is 0 Å². The number of hydrogen-bond donors (Lipinski definition) is 1. The van der Waals surface area contributed by atoms with E-state index in [9.17, 15) is 9.59 Å². The molecule has 0 aliphatic rings. The molecule has 1 atom stereocenters. The van der Waals surface area contributed by atoms with Crippen molar-refractivity contribution in [1.82, 2.24) is 5.32 Å². The molecule has 1 amide bonds. The van der Waals surface area contributed by atoms with E-state index in [1.807, 2.05) is 27.7 Å². The number of unbranched alkanes of at least 4 members (excludes halogenated alkanes) is 1. The summed E-state index contributed by atoms with van der Waals surface area (Å²) in [7, 11) is 0. The first-order valence-corrected chi connectivity index (χ1v) is 16.1. The molecular weight excluding hydrogens is 578 g/mol. The molecule has 0 aromatic rings. The third-order valence-electron chi connectivity index (χ3n) is 5.72. The molecule has 0 aromatic heterocycles. The van der Waals surface area contributed by atoms with Crippen molar-refractivity contribution in [2.75, 3.05) is 119 Å². The molecule has 262 valence electrons. The lowest BCUT2D eigenvalue weighted by molar-refractivity contribution is -0.150. The highest BCUT2D eigenvalue weighted by Gasteiger charge is 2.17. The standard InChI is InChI=1S/C31H61NO12/c1-6-8-9-28(7-2)29(33)43-27-26-42-25-24-41-23-22-40-21-20-39-19-18-38-17-16-37-15-14-36-13-12-35-11-10-32-30(34)44-31(3,4)5/h28H,6-27H2,1-5H3,(H,32,34). The molecule has 0 saturated carbocycles. The van der Waals surface area contributed by atoms with Crippen LogP contribution in [0.3, 0.4) is 0 Å². The first-order valence-electron chi connectivity index (χ1n) is 16.1. The van der Waals surface area contributed by atoms with E-state index in [2.05, 4.69) is 12.2 Å². The quantitative estimate of drug-likeness (QED) is 0.0853. The fourth-order valence-corrected chi connectivity index (χ4v) is 3.44. The molecule has 0 heterocycles. The largest absolute Gasteiger partial charge is 0.463 e. The van der Waals surface area contributed by atoms with Gasteiger partial charge in [-0.1, -0.05) is 26.7 Å². The van der Waals surface area contributed by atoms with Crippen LogP contribution in [-0.4, -0.2) is 137 Å². The van der Waals surface area contributed by atoms with Gasteiger partial charge in [-0.2, -0.15) is 0 Å². The normalized spacial score (nSPS) is 12.3. The zero-order valence-electron chi connectivity index (χ0n) is 28.0. The van der Waals surface area contributed by atoms with Gasteiger partial charge in [-0.25, -0.2) is 4.79 Å². The minimum atomic E-state index is -0.512. The molecule has 44 heavy (non-hydrogen) atoms. The van der Waals surface area contributed by atoms with Gasteiger partial charge in [0.25, 0.3) is 0 Å². The van der Waals surface area contributed by atoms with Crippen LogP contribution in [0.15, 0.2) is 0 Å². The van der Waals surface area contributed by atoms with Gasteiger partial charge in [-0.3, -0.25) is 4.79 Å². The van der Waals surface area contributed by atoms with Gasteiger partial charge in [0.2, 0.25) is 0 Å². The first-order chi connectivity index (χ1) is 21.3. The number of amides is 1. The number of ether oxygens (including phenoxy) is 10. The third kappa shape index (κ3) is 31.8. The van der Waals surface area contributed by atoms with E-state index in [-0.39, 0.29) is 18.5 Å². The molecule has 0 aliphatic carbocycles. The average Bonchev–Trinajstić information content (AvgIpc) is 2.98. The predicted octanol–water partition coefficient (Wildman–Crippen LogP) is 3.40. The second-order valence-corrected chi connectivity index (χ2v) is 10.7. The Balaban J connectivity index is 3.21. The van der Waals surface area contributed by atoms with Gasteiger partial charge in [-0.05, 0) is 33.6 Å². The van der Waals surface area contributed by atoms with Gasteiger partial charge in [0.1, 0.15) is 12.2 Å². The van der Waals surface area contributed by atoms with Crippen LogP contribution in [-0.2, 0) is 52.2 Å². The van der Waals surface area contributed by atoms with Gasteiger partial charge in [-0.15, -0.1) is 0 Å². The smallest absolute Gasteiger partial charge is 0.407 e. The van der Waals surface area contributed by atoms with Crippen LogP contribution in [0.5, 0.6) is 0 Å². The number of carbonyl (C=O) groups is 2. The molecule has 0 saturated heterocycles. The minimum Gasteiger partial charge on any atom is -0.463 e. The fraction of sp³-hybridized carbons (Fsp3) is 0.935. The van der Waals surface area contributed by atoms with Crippen molar-refractivity contribution in [3.05, 3.63) is 0 Å². The maximum Gasteiger partial charge on any atom is 0.407 e. The van der Waals surface area contributed by atoms with E-state index >= 15 is 0 Å². The first kappa shape index (κ1) is 42.4. The second-order valence-electron chi connectivity index (χ2n) is 10.7. The number of alkyl carbamates (subject to hydrolysis) is 1. The fourth-order valence-electron chi connectivity index (χ4n) is 3.44. The molecule has 0 aromatic carbocycles. The Kier molecular flexibility index (Phi) is 30.3. The highest BCUT2D eigenvalue weighted by atomic mass is 16.6. The van der Waals surface area contributed by atoms with Gasteiger partial charge in [0.05, 0.1) is 112 Å². The van der Waals surface area contributed by atoms with Gasteiger partial charge in [0, 0.05) is 6.54 Å². The Morgan fingerprint density at radius 3 is 1.27 bits per heavy atom. The molecule has 0 rings (SSSR count). The molecular formula is C31H61NO12. The van der Waals surface area contributed by atoms with Crippen LogP contribution >= 0.6 is 0 Å². The summed E-state index contributed by atoms with van der Waals surface area (Å²) < 4.78 is 54.0. The Morgan fingerprint density at radius 1 is 0.568 bits per heavy atom. The van der Waals surface area contributed by atoms with E-state index in [1.165, 1.54) is 0 Å². The van der Waals surface area contributed by atoms with Gasteiger partial charge >= 0.3 is 12.1 Å². The highest BCUT2D eigenvalue weighted by molar-refractivity contribution is 5.72. The summed E-state index contributed by atoms with van der Waals surface area (Å²) in [6.07, 6.45) is 3.37. The van der Waals surface area contributed by atoms with Crippen LogP contribution in [0.2, 0.25) is 0 Å². The Bertz CT molecular complexity index is 648. The van der Waals surface area contributed by atoms with Crippen molar-refractivity contribution >= 4 is 12.1 Å². The zero-order valence-corrected chi connectivity index (χ0v) is 28.0. The van der Waals surface area contributed by atoms with Crippen LogP contribution < -0.4 is 5.32 Å². The van der Waals surface area contributed by atoms with Crippen LogP contribution in [0, 0.1) is 5.92 Å². The van der Waals surface area contributed by atoms with Crippen LogP contribution in [0.1, 0.15) is 60.3 Å². The summed E-state index contributed by atoms with van der Waals surface area (Å²) >= 11 is 0. The zero-order chi connectivity index (χ0) is 32.6. The summed E-state index contributed by atoms with van der Waals surface area (Å²) in [5.41, 5.74) is -0.512. The van der Waals surface area contributed by atoms with Crippen LogP contribution in [0.25, 0.3) is 0 Å². The summed E-state index contributed by atoms with van der Waals surface area (Å²) in [5.74, 6) is -0.129. The molecule has 1 N–H and O–H groups in total. The topological polar surface area (TPSA) is 138 Å². The maximum absolute atomic E-state index is 12.0. The molecule has 13 heteroatoms. The van der Waals surface area contributed by atoms with E-state index in [0.717, 1.165) is 25.7 Å². The van der Waals surface area contributed by atoms with E-state index < -0.39 is 11.7 Å². The van der Waals surface area contributed by atoms with Crippen molar-refractivity contribution in [2.45, 2.75) is 65.9 Å². The number of rotatable bonds is 32. The highest BCUT2D eigenvalue weighted by Crippen LogP contribution is 2.14. The summed E-state index contributed by atoms with van der Waals surface area (Å²) in [5, 5.41) is 2.63. The molecule has 0 bridgehead atoms. The van der Waals surface area contributed by atoms with Crippen molar-refractivity contribution in [2.24, 2.45) is 5.92 Å². The second kappa shape index (κ2) is 31.4. The van der Waals surface area contributed by atoms with E-state index in [0.29, 0.717) is 112 Å². The lowest BCUT2D eigenvalue weighted by Gasteiger charge is -2.19. The minimum absolute atomic E-state index is 0.00593. The van der Waals surface area contributed by atoms with E-state index in [4.69, 9.17) is 47.4 Å². The summed E-state index contributed by atoms with van der Waals surface area (Å²) in [6.45, 7) is 17.6. The molecule has 0 spiro atoms. The van der Waals surface area contributed by atoms with Crippen molar-refractivity contribution in [1.29, 1.82) is 0 Å². The molecule has 0 aliphatic heterocycles. The molecule has 1 unspecified atom stereocenters. The van der Waals surface area contributed by atoms with Crippen LogP contribution in [0.4, 0.5) is 4.79 Å². The van der Waals surface area contributed by atoms with Crippen molar-refractivity contribution < 1.29 is 57.0 Å². The molecule has 13 nitrogen and oxygen atoms in total. The van der Waals surface area contributed by atoms with Gasteiger partial charge < -0.3 is 52.7 Å². The Labute approximate surface area is 265 Å².